The van der Waals surface area contributed by atoms with Gasteiger partial charge in [0, 0.05) is 23.6 Å². The van der Waals surface area contributed by atoms with Crippen LogP contribution in [0.1, 0.15) is 12.0 Å². The lowest BCUT2D eigenvalue weighted by Gasteiger charge is -2.03. The van der Waals surface area contributed by atoms with Crippen molar-refractivity contribution in [2.24, 2.45) is 5.73 Å². The van der Waals surface area contributed by atoms with Gasteiger partial charge in [-0.05, 0) is 37.2 Å². The number of hydrogen-bond donors (Lipinski definition) is 1. The Kier molecular flexibility index (Phi) is 2.70. The van der Waals surface area contributed by atoms with Crippen molar-refractivity contribution in [3.63, 3.8) is 0 Å². The van der Waals surface area contributed by atoms with Gasteiger partial charge in [-0.25, -0.2) is 0 Å². The molecule has 1 aromatic carbocycles. The highest BCUT2D eigenvalue weighted by molar-refractivity contribution is 5.81. The van der Waals surface area contributed by atoms with Crippen LogP contribution in [0, 0.1) is 11.3 Å². The van der Waals surface area contributed by atoms with Crippen molar-refractivity contribution in [2.75, 3.05) is 6.54 Å². The molecule has 3 nitrogen and oxygen atoms in total. The van der Waals surface area contributed by atoms with Crippen molar-refractivity contribution in [2.45, 2.75) is 13.0 Å². The van der Waals surface area contributed by atoms with Crippen molar-refractivity contribution in [3.8, 4) is 6.07 Å². The molecule has 0 spiro atoms. The molecule has 0 fully saturated rings. The summed E-state index contributed by atoms with van der Waals surface area (Å²) in [5.74, 6) is 0. The van der Waals surface area contributed by atoms with Gasteiger partial charge in [0.2, 0.25) is 0 Å². The van der Waals surface area contributed by atoms with Gasteiger partial charge in [-0.3, -0.25) is 0 Å². The van der Waals surface area contributed by atoms with E-state index < -0.39 is 0 Å². The lowest BCUT2D eigenvalue weighted by Crippen LogP contribution is -2.04. The Hall–Kier alpha value is -1.79. The van der Waals surface area contributed by atoms with E-state index >= 15 is 0 Å². The fourth-order valence-electron chi connectivity index (χ4n) is 1.73. The van der Waals surface area contributed by atoms with E-state index in [1.807, 2.05) is 30.5 Å². The van der Waals surface area contributed by atoms with Gasteiger partial charge in [0.15, 0.2) is 0 Å². The number of aryl methyl sites for hydroxylation is 1. The number of nitrogens with zero attached hydrogens (tertiary/aromatic N) is 2. The minimum Gasteiger partial charge on any atom is -0.347 e. The Labute approximate surface area is 88.7 Å². The Morgan fingerprint density at radius 2 is 2.20 bits per heavy atom. The van der Waals surface area contributed by atoms with E-state index in [1.165, 1.54) is 5.52 Å². The van der Waals surface area contributed by atoms with Crippen molar-refractivity contribution < 1.29 is 0 Å². The third kappa shape index (κ3) is 1.85. The molecule has 2 rings (SSSR count). The number of rotatable bonds is 3. The van der Waals surface area contributed by atoms with Crippen LogP contribution in [-0.2, 0) is 6.54 Å². The molecule has 0 saturated carbocycles. The van der Waals surface area contributed by atoms with Gasteiger partial charge in [-0.1, -0.05) is 0 Å². The maximum Gasteiger partial charge on any atom is 0.0991 e. The number of nitriles is 1. The van der Waals surface area contributed by atoms with Crippen LogP contribution >= 0.6 is 0 Å². The van der Waals surface area contributed by atoms with Gasteiger partial charge in [0.05, 0.1) is 11.6 Å². The molecule has 0 atom stereocenters. The number of aromatic nitrogens is 1. The first-order valence-corrected chi connectivity index (χ1v) is 5.04. The molecule has 3 heteroatoms. The average molecular weight is 199 g/mol. The summed E-state index contributed by atoms with van der Waals surface area (Å²) in [7, 11) is 0. The first kappa shape index (κ1) is 9.75. The molecule has 2 aromatic rings. The fraction of sp³-hybridized carbons (Fsp3) is 0.250. The maximum absolute atomic E-state index is 8.77. The second-order valence-electron chi connectivity index (χ2n) is 3.54. The van der Waals surface area contributed by atoms with Gasteiger partial charge in [0.1, 0.15) is 0 Å². The van der Waals surface area contributed by atoms with Gasteiger partial charge < -0.3 is 10.3 Å². The Morgan fingerprint density at radius 3 is 2.93 bits per heavy atom. The van der Waals surface area contributed by atoms with Crippen LogP contribution in [0.4, 0.5) is 0 Å². The third-order valence-corrected chi connectivity index (χ3v) is 2.50. The molecular formula is C12H13N3. The van der Waals surface area contributed by atoms with E-state index in [4.69, 9.17) is 11.0 Å². The second-order valence-corrected chi connectivity index (χ2v) is 3.54. The monoisotopic (exact) mass is 199 g/mol. The van der Waals surface area contributed by atoms with Crippen LogP contribution in [0.3, 0.4) is 0 Å². The number of nitrogens with two attached hydrogens (primary N) is 1. The van der Waals surface area contributed by atoms with Gasteiger partial charge in [-0.2, -0.15) is 5.26 Å². The van der Waals surface area contributed by atoms with E-state index in [1.54, 1.807) is 0 Å². The fourth-order valence-corrected chi connectivity index (χ4v) is 1.73. The summed E-state index contributed by atoms with van der Waals surface area (Å²) in [6.45, 7) is 1.64. The highest BCUT2D eigenvalue weighted by atomic mass is 14.9. The quantitative estimate of drug-likeness (QED) is 0.820. The lowest BCUT2D eigenvalue weighted by atomic mass is 10.2. The zero-order chi connectivity index (χ0) is 10.7. The van der Waals surface area contributed by atoms with Crippen LogP contribution in [0.5, 0.6) is 0 Å². The molecule has 1 heterocycles. The predicted molar refractivity (Wildman–Crippen MR) is 60.3 cm³/mol. The first-order chi connectivity index (χ1) is 7.35. The summed E-state index contributed by atoms with van der Waals surface area (Å²) in [6.07, 6.45) is 3.02. The smallest absolute Gasteiger partial charge is 0.0991 e. The second kappa shape index (κ2) is 4.16. The highest BCUT2D eigenvalue weighted by Crippen LogP contribution is 2.17. The first-order valence-electron chi connectivity index (χ1n) is 5.04. The Bertz CT molecular complexity index is 505. The molecule has 76 valence electrons. The van der Waals surface area contributed by atoms with Crippen molar-refractivity contribution in [1.82, 2.24) is 4.57 Å². The van der Waals surface area contributed by atoms with E-state index in [9.17, 15) is 0 Å². The van der Waals surface area contributed by atoms with Gasteiger partial charge >= 0.3 is 0 Å². The Balaban J connectivity index is 2.39. The molecular weight excluding hydrogens is 186 g/mol. The van der Waals surface area contributed by atoms with Crippen LogP contribution in [0.2, 0.25) is 0 Å². The third-order valence-electron chi connectivity index (χ3n) is 2.50. The van der Waals surface area contributed by atoms with Crippen LogP contribution in [0.15, 0.2) is 30.5 Å². The van der Waals surface area contributed by atoms with Crippen molar-refractivity contribution in [3.05, 3.63) is 36.0 Å². The molecule has 0 bridgehead atoms. The summed E-state index contributed by atoms with van der Waals surface area (Å²) in [6, 6.07) is 9.93. The summed E-state index contributed by atoms with van der Waals surface area (Å²) in [5.41, 5.74) is 7.35. The maximum atomic E-state index is 8.77. The van der Waals surface area contributed by atoms with Crippen molar-refractivity contribution >= 4 is 10.9 Å². The summed E-state index contributed by atoms with van der Waals surface area (Å²) >= 11 is 0. The van der Waals surface area contributed by atoms with E-state index in [-0.39, 0.29) is 0 Å². The van der Waals surface area contributed by atoms with E-state index in [0.29, 0.717) is 12.1 Å². The molecule has 0 saturated heterocycles. The number of fused-ring (bicyclic) bond motifs is 1. The minimum absolute atomic E-state index is 0.704. The molecule has 0 aliphatic carbocycles. The largest absolute Gasteiger partial charge is 0.347 e. The molecule has 0 aliphatic rings. The lowest BCUT2D eigenvalue weighted by molar-refractivity contribution is 0.671. The average Bonchev–Trinajstić information content (AvgIpc) is 2.68. The van der Waals surface area contributed by atoms with Crippen LogP contribution < -0.4 is 5.73 Å². The topological polar surface area (TPSA) is 54.7 Å². The summed E-state index contributed by atoms with van der Waals surface area (Å²) < 4.78 is 2.17. The number of hydrogen-bond acceptors (Lipinski definition) is 2. The minimum atomic E-state index is 0.704. The van der Waals surface area contributed by atoms with Crippen LogP contribution in [0.25, 0.3) is 10.9 Å². The normalized spacial score (nSPS) is 10.4. The Morgan fingerprint density at radius 1 is 1.33 bits per heavy atom. The molecule has 0 unspecified atom stereocenters. The highest BCUT2D eigenvalue weighted by Gasteiger charge is 2.01. The SMILES string of the molecule is N#Cc1ccc2c(ccn2CCCN)c1. The molecule has 2 N–H and O–H groups in total. The predicted octanol–water partition coefficient (Wildman–Crippen LogP) is 1.86. The molecule has 0 radical (unpaired) electrons. The van der Waals surface area contributed by atoms with E-state index in [2.05, 4.69) is 10.6 Å². The van der Waals surface area contributed by atoms with Crippen molar-refractivity contribution in [1.29, 1.82) is 5.26 Å². The van der Waals surface area contributed by atoms with Gasteiger partial charge in [0.25, 0.3) is 0 Å². The standard InChI is InChI=1S/C12H13N3/c13-5-1-6-15-7-4-11-8-10(9-14)2-3-12(11)15/h2-4,7-8H,1,5-6,13H2. The summed E-state index contributed by atoms with van der Waals surface area (Å²) in [5, 5.41) is 9.89. The molecule has 15 heavy (non-hydrogen) atoms. The van der Waals surface area contributed by atoms with Gasteiger partial charge in [-0.15, -0.1) is 0 Å². The molecule has 0 aliphatic heterocycles. The van der Waals surface area contributed by atoms with E-state index in [0.717, 1.165) is 18.4 Å². The summed E-state index contributed by atoms with van der Waals surface area (Å²) in [4.78, 5) is 0. The molecule has 1 aromatic heterocycles. The zero-order valence-electron chi connectivity index (χ0n) is 8.48. The van der Waals surface area contributed by atoms with Crippen LogP contribution in [-0.4, -0.2) is 11.1 Å². The molecule has 0 amide bonds. The zero-order valence-corrected chi connectivity index (χ0v) is 8.48. The number of benzene rings is 1.